The summed E-state index contributed by atoms with van der Waals surface area (Å²) < 4.78 is 34.2. The Kier molecular flexibility index (Phi) is 3.51. The van der Waals surface area contributed by atoms with Gasteiger partial charge in [0.25, 0.3) is 5.85 Å². The molecule has 0 bridgehead atoms. The van der Waals surface area contributed by atoms with Crippen molar-refractivity contribution < 1.29 is 23.7 Å². The van der Waals surface area contributed by atoms with E-state index in [0.717, 1.165) is 4.57 Å². The van der Waals surface area contributed by atoms with Crippen molar-refractivity contribution in [2.75, 3.05) is 12.3 Å². The van der Waals surface area contributed by atoms with Crippen LogP contribution in [0.15, 0.2) is 12.3 Å². The lowest BCUT2D eigenvalue weighted by molar-refractivity contribution is -0.207. The zero-order valence-electron chi connectivity index (χ0n) is 10.0. The topological polar surface area (TPSA) is 93.5 Å². The molecule has 4 unspecified atom stereocenters. The maximum absolute atomic E-state index is 14.7. The van der Waals surface area contributed by atoms with Crippen LogP contribution in [0.5, 0.6) is 0 Å². The molecule has 1 aliphatic rings. The summed E-state index contributed by atoms with van der Waals surface area (Å²) in [5.41, 5.74) is 2.48. The Morgan fingerprint density at radius 1 is 1.65 bits per heavy atom. The molecule has 0 radical (unpaired) electrons. The number of hydrogen-bond donors (Lipinski definition) is 3. The zero-order chi connectivity index (χ0) is 15.1. The van der Waals surface area contributed by atoms with E-state index >= 15 is 0 Å². The van der Waals surface area contributed by atoms with Crippen LogP contribution in [0.3, 0.4) is 0 Å². The number of nitrogen functional groups attached to an aromatic ring is 1. The van der Waals surface area contributed by atoms with Gasteiger partial charge in [0.15, 0.2) is 12.3 Å². The monoisotopic (exact) mass is 303 g/mol. The number of ether oxygens (including phenoxy) is 1. The molecule has 1 aromatic heterocycles. The van der Waals surface area contributed by atoms with Crippen LogP contribution in [0.2, 0.25) is 0 Å². The molecule has 108 valence electrons. The second kappa shape index (κ2) is 4.75. The first-order valence-electron chi connectivity index (χ1n) is 5.45. The molecule has 2 heterocycles. The minimum atomic E-state index is -3.04. The van der Waals surface area contributed by atoms with E-state index in [0.29, 0.717) is 0 Å². The normalized spacial score (nSPS) is 36.8. The maximum Gasteiger partial charge on any atom is 0.264 e. The van der Waals surface area contributed by atoms with E-state index in [1.165, 1.54) is 12.3 Å². The van der Waals surface area contributed by atoms with Crippen molar-refractivity contribution in [2.45, 2.75) is 23.9 Å². The molecule has 6 nitrogen and oxygen atoms in total. The third-order valence-electron chi connectivity index (χ3n) is 3.01. The highest BCUT2D eigenvalue weighted by molar-refractivity contribution is 7.71. The fourth-order valence-corrected chi connectivity index (χ4v) is 2.18. The van der Waals surface area contributed by atoms with Crippen molar-refractivity contribution in [3.63, 3.8) is 0 Å². The summed E-state index contributed by atoms with van der Waals surface area (Å²) >= 11 is 4.87. The van der Waals surface area contributed by atoms with Gasteiger partial charge in [-0.2, -0.15) is 0 Å². The largest absolute Gasteiger partial charge is 0.390 e. The first-order valence-corrected chi connectivity index (χ1v) is 5.86. The fourth-order valence-electron chi connectivity index (χ4n) is 1.92. The molecule has 4 N–H and O–H groups in total. The van der Waals surface area contributed by atoms with E-state index in [4.69, 9.17) is 34.2 Å². The highest BCUT2D eigenvalue weighted by atomic mass is 32.1. The van der Waals surface area contributed by atoms with Gasteiger partial charge in [-0.25, -0.2) is 13.8 Å². The Hall–Kier alpha value is -1.60. The number of nitrogens with two attached hydrogens (primary N) is 1. The highest BCUT2D eigenvalue weighted by Gasteiger charge is 2.66. The van der Waals surface area contributed by atoms with Gasteiger partial charge in [-0.05, 0) is 18.3 Å². The van der Waals surface area contributed by atoms with Gasteiger partial charge in [0.2, 0.25) is 10.4 Å². The Labute approximate surface area is 117 Å². The van der Waals surface area contributed by atoms with Crippen molar-refractivity contribution in [3.8, 4) is 12.3 Å². The second-order valence-corrected chi connectivity index (χ2v) is 4.64. The minimum absolute atomic E-state index is 0.0728. The van der Waals surface area contributed by atoms with Gasteiger partial charge in [0.05, 0.1) is 0 Å². The number of aromatic nitrogens is 2. The number of aliphatic hydroxyl groups excluding tert-OH is 2. The molecule has 20 heavy (non-hydrogen) atoms. The Bertz CT molecular complexity index is 634. The summed E-state index contributed by atoms with van der Waals surface area (Å²) in [5, 5.41) is 18.6. The molecule has 1 aliphatic heterocycles. The Balaban J connectivity index is 2.56. The molecule has 0 amide bonds. The van der Waals surface area contributed by atoms with E-state index in [9.17, 15) is 13.9 Å². The van der Waals surface area contributed by atoms with Crippen LogP contribution in [-0.2, 0) is 4.74 Å². The van der Waals surface area contributed by atoms with E-state index in [2.05, 4.69) is 4.98 Å². The van der Waals surface area contributed by atoms with Gasteiger partial charge >= 0.3 is 0 Å². The average Bonchev–Trinajstić information content (AvgIpc) is 2.62. The van der Waals surface area contributed by atoms with Crippen molar-refractivity contribution in [3.05, 3.63) is 17.0 Å². The summed E-state index contributed by atoms with van der Waals surface area (Å²) in [6.07, 6.45) is 2.08. The lowest BCUT2D eigenvalue weighted by Crippen LogP contribution is -2.47. The lowest BCUT2D eigenvalue weighted by atomic mass is 9.96. The van der Waals surface area contributed by atoms with E-state index in [-0.39, 0.29) is 10.6 Å². The molecule has 0 aromatic carbocycles. The van der Waals surface area contributed by atoms with E-state index in [1.54, 1.807) is 5.92 Å². The smallest absolute Gasteiger partial charge is 0.264 e. The van der Waals surface area contributed by atoms with Crippen LogP contribution in [0.4, 0.5) is 14.6 Å². The van der Waals surface area contributed by atoms with Crippen LogP contribution >= 0.6 is 12.2 Å². The molecule has 2 rings (SSSR count). The molecule has 0 spiro atoms. The van der Waals surface area contributed by atoms with Crippen molar-refractivity contribution in [1.29, 1.82) is 0 Å². The van der Waals surface area contributed by atoms with Crippen LogP contribution in [0.1, 0.15) is 6.23 Å². The third kappa shape index (κ3) is 1.97. The van der Waals surface area contributed by atoms with Crippen molar-refractivity contribution in [1.82, 2.24) is 9.55 Å². The standard InChI is InChI=1S/C11H11F2N3O3S/c1-2-10(12)7(18)11(13,5-17)19-8(10)16-4-3-6(14)15-9(16)20/h1,3-4,7-8,17-18H,5H2,(H2,14,15,20). The van der Waals surface area contributed by atoms with Gasteiger partial charge in [-0.1, -0.05) is 5.92 Å². The molecule has 1 aromatic rings. The minimum Gasteiger partial charge on any atom is -0.390 e. The predicted octanol–water partition coefficient (Wildman–Crippen LogP) is 0.0841. The third-order valence-corrected chi connectivity index (χ3v) is 3.32. The maximum atomic E-state index is 14.7. The van der Waals surface area contributed by atoms with Crippen molar-refractivity contribution in [2.24, 2.45) is 0 Å². The second-order valence-electron chi connectivity index (χ2n) is 4.27. The average molecular weight is 303 g/mol. The van der Waals surface area contributed by atoms with Crippen LogP contribution in [-0.4, -0.2) is 44.0 Å². The van der Waals surface area contributed by atoms with Gasteiger partial charge < -0.3 is 20.7 Å². The Morgan fingerprint density at radius 3 is 2.80 bits per heavy atom. The SMILES string of the molecule is C#CC1(F)C(n2ccc(N)nc2=S)OC(F)(CO)C1O. The van der Waals surface area contributed by atoms with Crippen LogP contribution in [0.25, 0.3) is 0 Å². The van der Waals surface area contributed by atoms with Gasteiger partial charge in [0, 0.05) is 6.20 Å². The number of halogens is 2. The molecule has 4 atom stereocenters. The summed E-state index contributed by atoms with van der Waals surface area (Å²) in [7, 11) is 0. The van der Waals surface area contributed by atoms with Crippen LogP contribution in [0, 0.1) is 17.1 Å². The number of rotatable bonds is 2. The quantitative estimate of drug-likeness (QED) is 0.529. The Morgan fingerprint density at radius 2 is 2.30 bits per heavy atom. The van der Waals surface area contributed by atoms with Crippen LogP contribution < -0.4 is 5.73 Å². The molecule has 1 fully saturated rings. The first kappa shape index (κ1) is 14.8. The highest BCUT2D eigenvalue weighted by Crippen LogP contribution is 2.47. The van der Waals surface area contributed by atoms with Gasteiger partial charge in [-0.15, -0.1) is 6.42 Å². The van der Waals surface area contributed by atoms with E-state index in [1.807, 2.05) is 0 Å². The number of nitrogens with zero attached hydrogens (tertiary/aromatic N) is 2. The summed E-state index contributed by atoms with van der Waals surface area (Å²) in [5.74, 6) is -1.32. The lowest BCUT2D eigenvalue weighted by Gasteiger charge is -2.24. The number of terminal acetylenes is 1. The first-order chi connectivity index (χ1) is 9.28. The molecular formula is C11H11F2N3O3S. The van der Waals surface area contributed by atoms with Gasteiger partial charge in [0.1, 0.15) is 12.4 Å². The predicted molar refractivity (Wildman–Crippen MR) is 67.2 cm³/mol. The number of aliphatic hydroxyl groups is 2. The zero-order valence-corrected chi connectivity index (χ0v) is 10.8. The van der Waals surface area contributed by atoms with E-state index < -0.39 is 30.5 Å². The molecule has 1 saturated heterocycles. The van der Waals surface area contributed by atoms with Crippen molar-refractivity contribution >= 4 is 18.0 Å². The summed E-state index contributed by atoms with van der Waals surface area (Å²) in [4.78, 5) is 3.69. The van der Waals surface area contributed by atoms with Gasteiger partial charge in [-0.3, -0.25) is 4.57 Å². The molecular weight excluding hydrogens is 292 g/mol. The fraction of sp³-hybridized carbons (Fsp3) is 0.455. The summed E-state index contributed by atoms with van der Waals surface area (Å²) in [6, 6.07) is 1.28. The molecule has 0 aliphatic carbocycles. The number of hydrogen-bond acceptors (Lipinski definition) is 6. The molecule has 0 saturated carbocycles. The number of alkyl halides is 2. The summed E-state index contributed by atoms with van der Waals surface area (Å²) in [6.45, 7) is -1.27. The molecule has 9 heteroatoms. The number of anilines is 1.